The van der Waals surface area contributed by atoms with E-state index < -0.39 is 28.1 Å². The van der Waals surface area contributed by atoms with E-state index in [0.29, 0.717) is 12.0 Å². The summed E-state index contributed by atoms with van der Waals surface area (Å²) in [6, 6.07) is 2.02. The van der Waals surface area contributed by atoms with Crippen LogP contribution in [0.3, 0.4) is 0 Å². The van der Waals surface area contributed by atoms with E-state index >= 15 is 0 Å². The molecule has 0 aromatic carbocycles. The molecule has 8 heteroatoms. The molecule has 0 N–H and O–H groups in total. The quantitative estimate of drug-likeness (QED) is 0.797. The van der Waals surface area contributed by atoms with Gasteiger partial charge in [0, 0.05) is 11.4 Å². The van der Waals surface area contributed by atoms with E-state index in [1.807, 2.05) is 0 Å². The number of halogens is 3. The van der Waals surface area contributed by atoms with E-state index in [4.69, 9.17) is 5.26 Å². The molecule has 2 atom stereocenters. The molecule has 0 saturated carbocycles. The van der Waals surface area contributed by atoms with Crippen molar-refractivity contribution in [2.24, 2.45) is 4.36 Å². The van der Waals surface area contributed by atoms with Gasteiger partial charge in [0.25, 0.3) is 0 Å². The lowest BCUT2D eigenvalue weighted by Crippen LogP contribution is -2.10. The van der Waals surface area contributed by atoms with Crippen molar-refractivity contribution in [1.82, 2.24) is 4.98 Å². The molecule has 0 fully saturated rings. The Balaban J connectivity index is 3.04. The Kier molecular flexibility index (Phi) is 4.81. The van der Waals surface area contributed by atoms with E-state index in [1.54, 1.807) is 6.92 Å². The molecule has 2 unspecified atom stereocenters. The first-order valence-electron chi connectivity index (χ1n) is 4.93. The van der Waals surface area contributed by atoms with Crippen LogP contribution < -0.4 is 0 Å². The second-order valence-electron chi connectivity index (χ2n) is 3.34. The summed E-state index contributed by atoms with van der Waals surface area (Å²) in [5.74, 6) is 0. The lowest BCUT2D eigenvalue weighted by atomic mass is 10.1. The maximum atomic E-state index is 12.3. The first kappa shape index (κ1) is 14.6. The molecule has 0 saturated heterocycles. The van der Waals surface area contributed by atoms with Crippen molar-refractivity contribution in [3.8, 4) is 6.19 Å². The predicted molar refractivity (Wildman–Crippen MR) is 58.5 cm³/mol. The van der Waals surface area contributed by atoms with Crippen molar-refractivity contribution in [2.45, 2.75) is 24.8 Å². The molecule has 0 aliphatic heterocycles. The Morgan fingerprint density at radius 3 is 2.61 bits per heavy atom. The zero-order chi connectivity index (χ0) is 13.8. The summed E-state index contributed by atoms with van der Waals surface area (Å²) in [5.41, 5.74) is -0.646. The molecule has 0 bridgehead atoms. The van der Waals surface area contributed by atoms with Gasteiger partial charge in [0.05, 0.1) is 0 Å². The van der Waals surface area contributed by atoms with Crippen molar-refractivity contribution in [3.05, 3.63) is 29.6 Å². The van der Waals surface area contributed by atoms with Gasteiger partial charge >= 0.3 is 6.18 Å². The minimum atomic E-state index is -4.50. The minimum Gasteiger partial charge on any atom is -0.788 e. The Morgan fingerprint density at radius 1 is 1.56 bits per heavy atom. The normalized spacial score (nSPS) is 15.1. The van der Waals surface area contributed by atoms with Crippen LogP contribution in [-0.2, 0) is 17.1 Å². The standard InChI is InChI=1S/C10H9F3N3OS/c1-2-8(18(17)16-6-14)7-3-4-9(15-5-7)10(11,12)13/h3-5,8H,2H2,1H3/q-1. The second kappa shape index (κ2) is 5.93. The molecule has 0 radical (unpaired) electrons. The highest BCUT2D eigenvalue weighted by molar-refractivity contribution is 7.81. The third kappa shape index (κ3) is 3.51. The van der Waals surface area contributed by atoms with Gasteiger partial charge < -0.3 is 4.55 Å². The number of nitriles is 1. The summed E-state index contributed by atoms with van der Waals surface area (Å²) in [6.07, 6.45) is -1.70. The van der Waals surface area contributed by atoms with Gasteiger partial charge in [0.1, 0.15) is 5.69 Å². The molecule has 1 heterocycles. The van der Waals surface area contributed by atoms with Crippen LogP contribution in [0.2, 0.25) is 0 Å². The van der Waals surface area contributed by atoms with Gasteiger partial charge in [-0.1, -0.05) is 13.0 Å². The van der Waals surface area contributed by atoms with Crippen molar-refractivity contribution >= 4 is 11.0 Å². The van der Waals surface area contributed by atoms with Gasteiger partial charge in [-0.2, -0.15) is 33.8 Å². The first-order chi connectivity index (χ1) is 8.40. The number of aromatic nitrogens is 1. The summed E-state index contributed by atoms with van der Waals surface area (Å²) in [4.78, 5) is 3.28. The average molecular weight is 276 g/mol. The van der Waals surface area contributed by atoms with Crippen LogP contribution in [0.25, 0.3) is 0 Å². The lowest BCUT2D eigenvalue weighted by Gasteiger charge is -2.22. The highest BCUT2D eigenvalue weighted by Gasteiger charge is 2.32. The van der Waals surface area contributed by atoms with E-state index in [2.05, 4.69) is 9.35 Å². The number of hydrogen-bond donors (Lipinski definition) is 0. The van der Waals surface area contributed by atoms with E-state index in [9.17, 15) is 17.7 Å². The van der Waals surface area contributed by atoms with Crippen LogP contribution in [0.5, 0.6) is 0 Å². The summed E-state index contributed by atoms with van der Waals surface area (Å²) in [7, 11) is -1.79. The van der Waals surface area contributed by atoms with Crippen LogP contribution in [0, 0.1) is 11.5 Å². The van der Waals surface area contributed by atoms with Gasteiger partial charge in [0.15, 0.2) is 0 Å². The summed E-state index contributed by atoms with van der Waals surface area (Å²) >= 11 is 0. The fourth-order valence-corrected chi connectivity index (χ4v) is 2.23. The van der Waals surface area contributed by atoms with Crippen molar-refractivity contribution in [2.75, 3.05) is 0 Å². The molecule has 4 nitrogen and oxygen atoms in total. The first-order valence-corrected chi connectivity index (χ1v) is 6.10. The number of pyridine rings is 1. The van der Waals surface area contributed by atoms with Crippen LogP contribution in [0.4, 0.5) is 13.2 Å². The number of nitrogens with zero attached hydrogens (tertiary/aromatic N) is 3. The largest absolute Gasteiger partial charge is 0.788 e. The van der Waals surface area contributed by atoms with Crippen LogP contribution in [0.15, 0.2) is 22.7 Å². The number of hydrogen-bond acceptors (Lipinski definition) is 4. The lowest BCUT2D eigenvalue weighted by molar-refractivity contribution is -0.141. The second-order valence-corrected chi connectivity index (χ2v) is 4.64. The smallest absolute Gasteiger partial charge is 0.433 e. The molecule has 98 valence electrons. The van der Waals surface area contributed by atoms with E-state index in [1.165, 1.54) is 12.3 Å². The SMILES string of the molecule is CCC(c1ccc(C(F)(F)F)nc1)S([O-])=NC#N. The number of alkyl halides is 3. The minimum absolute atomic E-state index is 0.364. The summed E-state index contributed by atoms with van der Waals surface area (Å²) in [6.45, 7) is 1.70. The predicted octanol–water partition coefficient (Wildman–Crippen LogP) is 2.96. The molecule has 0 spiro atoms. The zero-order valence-electron chi connectivity index (χ0n) is 9.31. The average Bonchev–Trinajstić information content (AvgIpc) is 2.30. The fraction of sp³-hybridized carbons (Fsp3) is 0.400. The molecular formula is C10H9F3N3OS-. The van der Waals surface area contributed by atoms with Crippen LogP contribution in [0.1, 0.15) is 29.9 Å². The molecule has 0 aliphatic rings. The molecule has 1 aromatic rings. The van der Waals surface area contributed by atoms with Gasteiger partial charge in [-0.05, 0) is 18.1 Å². The highest BCUT2D eigenvalue weighted by Crippen LogP contribution is 2.29. The maximum Gasteiger partial charge on any atom is 0.433 e. The van der Waals surface area contributed by atoms with Gasteiger partial charge in [-0.25, -0.2) is 0 Å². The van der Waals surface area contributed by atoms with Crippen molar-refractivity contribution in [1.29, 1.82) is 5.26 Å². The van der Waals surface area contributed by atoms with Gasteiger partial charge in [-0.15, -0.1) is 0 Å². The highest BCUT2D eigenvalue weighted by atomic mass is 32.2. The summed E-state index contributed by atoms with van der Waals surface area (Å²) < 4.78 is 51.6. The molecule has 1 rings (SSSR count). The molecular weight excluding hydrogens is 267 g/mol. The van der Waals surface area contributed by atoms with Crippen LogP contribution in [-0.4, -0.2) is 9.54 Å². The van der Waals surface area contributed by atoms with E-state index in [-0.39, 0.29) is 0 Å². The van der Waals surface area contributed by atoms with E-state index in [0.717, 1.165) is 12.3 Å². The Morgan fingerprint density at radius 2 is 2.22 bits per heavy atom. The van der Waals surface area contributed by atoms with Crippen LogP contribution >= 0.6 is 0 Å². The maximum absolute atomic E-state index is 12.3. The molecule has 18 heavy (non-hydrogen) atoms. The Hall–Kier alpha value is -1.46. The Labute approximate surface area is 104 Å². The van der Waals surface area contributed by atoms with Crippen molar-refractivity contribution < 1.29 is 17.7 Å². The number of rotatable bonds is 3. The topological polar surface area (TPSA) is 72.1 Å². The van der Waals surface area contributed by atoms with Gasteiger partial charge in [0.2, 0.25) is 6.19 Å². The van der Waals surface area contributed by atoms with Crippen molar-refractivity contribution in [3.63, 3.8) is 0 Å². The Bertz CT molecular complexity index is 479. The van der Waals surface area contributed by atoms with Gasteiger partial charge in [-0.3, -0.25) is 4.98 Å². The fourth-order valence-electron chi connectivity index (χ4n) is 1.36. The zero-order valence-corrected chi connectivity index (χ0v) is 10.1. The third-order valence-electron chi connectivity index (χ3n) is 2.19. The molecule has 1 aromatic heterocycles. The summed E-state index contributed by atoms with van der Waals surface area (Å²) in [5, 5.41) is 7.68. The molecule has 0 amide bonds. The monoisotopic (exact) mass is 276 g/mol. The molecule has 0 aliphatic carbocycles. The third-order valence-corrected chi connectivity index (χ3v) is 3.55.